The molecular formula is C25H28F3N9O3. The predicted octanol–water partition coefficient (Wildman–Crippen LogP) is 2.92. The van der Waals surface area contributed by atoms with Crippen LogP contribution in [0.5, 0.6) is 0 Å². The van der Waals surface area contributed by atoms with Crippen LogP contribution in [0.25, 0.3) is 0 Å². The second-order valence-corrected chi connectivity index (χ2v) is 9.37. The Hall–Kier alpha value is -4.56. The Labute approximate surface area is 227 Å². The van der Waals surface area contributed by atoms with Crippen LogP contribution in [0.15, 0.2) is 54.8 Å². The largest absolute Gasteiger partial charge is 0.573 e. The molecule has 1 aliphatic carbocycles. The summed E-state index contributed by atoms with van der Waals surface area (Å²) in [6.45, 7) is 2.35. The Kier molecular flexibility index (Phi) is 8.60. The number of imidazole rings is 1. The van der Waals surface area contributed by atoms with Gasteiger partial charge >= 0.3 is 6.36 Å². The molecule has 1 aliphatic rings. The molecule has 0 saturated carbocycles. The Morgan fingerprint density at radius 1 is 1.12 bits per heavy atom. The van der Waals surface area contributed by atoms with E-state index in [4.69, 9.17) is 0 Å². The highest BCUT2D eigenvalue weighted by molar-refractivity contribution is 5.91. The molecule has 40 heavy (non-hydrogen) atoms. The van der Waals surface area contributed by atoms with Crippen molar-refractivity contribution in [2.75, 3.05) is 12.4 Å². The fourth-order valence-corrected chi connectivity index (χ4v) is 4.07. The molecule has 3 aromatic rings. The summed E-state index contributed by atoms with van der Waals surface area (Å²) in [5, 5.41) is 21.1. The number of hydrogen-bond acceptors (Lipinski definition) is 8. The predicted molar refractivity (Wildman–Crippen MR) is 136 cm³/mol. The number of ether oxygens (including phenoxy) is 1. The summed E-state index contributed by atoms with van der Waals surface area (Å²) in [7, 11) is 1.53. The molecular weight excluding hydrogens is 531 g/mol. The number of amides is 2. The van der Waals surface area contributed by atoms with Crippen molar-refractivity contribution in [1.29, 1.82) is 0 Å². The van der Waals surface area contributed by atoms with Crippen LogP contribution in [0.1, 0.15) is 48.1 Å². The number of rotatable bonds is 11. The molecule has 0 saturated heterocycles. The maximum Gasteiger partial charge on any atom is 0.573 e. The van der Waals surface area contributed by atoms with Crippen LogP contribution in [0.4, 0.5) is 19.0 Å². The van der Waals surface area contributed by atoms with Gasteiger partial charge in [0.25, 0.3) is 5.91 Å². The van der Waals surface area contributed by atoms with Gasteiger partial charge in [-0.05, 0) is 56.9 Å². The highest BCUT2D eigenvalue weighted by Crippen LogP contribution is 2.32. The van der Waals surface area contributed by atoms with Crippen LogP contribution in [-0.4, -0.2) is 60.0 Å². The molecule has 12 nitrogen and oxygen atoms in total. The Morgan fingerprint density at radius 3 is 2.67 bits per heavy atom. The third-order valence-corrected chi connectivity index (χ3v) is 6.12. The number of hydrogen-bond donors (Lipinski definition) is 2. The van der Waals surface area contributed by atoms with Gasteiger partial charge in [-0.15, -0.1) is 23.4 Å². The highest BCUT2D eigenvalue weighted by Gasteiger charge is 2.34. The number of alkyl halides is 3. The molecule has 4 rings (SSSR count). The second kappa shape index (κ2) is 12.1. The number of nitrogens with zero attached hydrogens (tertiary/aromatic N) is 7. The van der Waals surface area contributed by atoms with Crippen LogP contribution in [0.3, 0.4) is 0 Å². The number of carbonyl (C=O) groups is 2. The lowest BCUT2D eigenvalue weighted by Crippen LogP contribution is -2.29. The average Bonchev–Trinajstić information content (AvgIpc) is 3.56. The number of anilines is 1. The topological polar surface area (TPSA) is 142 Å². The number of allylic oxidation sites excluding steroid dienone is 3. The molecule has 0 aliphatic heterocycles. The normalized spacial score (nSPS) is 16.9. The van der Waals surface area contributed by atoms with Crippen molar-refractivity contribution in [1.82, 2.24) is 40.1 Å². The number of aromatic nitrogens is 7. The minimum atomic E-state index is -4.78. The van der Waals surface area contributed by atoms with Crippen molar-refractivity contribution in [3.63, 3.8) is 0 Å². The van der Waals surface area contributed by atoms with E-state index in [1.54, 1.807) is 46.8 Å². The van der Waals surface area contributed by atoms with Gasteiger partial charge in [0.2, 0.25) is 5.91 Å². The fourth-order valence-electron chi connectivity index (χ4n) is 4.07. The molecule has 0 aromatic carbocycles. The highest BCUT2D eigenvalue weighted by atomic mass is 19.4. The Balaban J connectivity index is 1.23. The number of halogens is 3. The third-order valence-electron chi connectivity index (χ3n) is 6.12. The molecule has 15 heteroatoms. The monoisotopic (exact) mass is 559 g/mol. The molecule has 0 fully saturated rings. The molecule has 1 atom stereocenters. The molecule has 3 aromatic heterocycles. The summed E-state index contributed by atoms with van der Waals surface area (Å²) < 4.78 is 45.2. The van der Waals surface area contributed by atoms with Gasteiger partial charge in [-0.1, -0.05) is 11.3 Å². The van der Waals surface area contributed by atoms with Gasteiger partial charge in [0, 0.05) is 19.8 Å². The zero-order valence-corrected chi connectivity index (χ0v) is 21.9. The number of carbonyl (C=O) groups excluding carboxylic acids is 2. The zero-order valence-electron chi connectivity index (χ0n) is 21.9. The van der Waals surface area contributed by atoms with Crippen molar-refractivity contribution in [2.24, 2.45) is 0 Å². The summed E-state index contributed by atoms with van der Waals surface area (Å²) in [6, 6.07) is 3.44. The number of unbranched alkanes of at least 4 members (excludes halogenated alkanes) is 1. The lowest BCUT2D eigenvalue weighted by Gasteiger charge is -2.30. The quantitative estimate of drug-likeness (QED) is 0.342. The summed E-state index contributed by atoms with van der Waals surface area (Å²) in [5.41, 5.74) is 0.640. The van der Waals surface area contributed by atoms with E-state index in [-0.39, 0.29) is 29.7 Å². The Morgan fingerprint density at radius 2 is 1.95 bits per heavy atom. The second-order valence-electron chi connectivity index (χ2n) is 9.37. The lowest BCUT2D eigenvalue weighted by atomic mass is 9.92. The van der Waals surface area contributed by atoms with E-state index in [9.17, 15) is 22.8 Å². The van der Waals surface area contributed by atoms with Gasteiger partial charge in [0.15, 0.2) is 11.5 Å². The first-order valence-electron chi connectivity index (χ1n) is 12.5. The summed E-state index contributed by atoms with van der Waals surface area (Å²) in [5.74, 6) is -0.660. The summed E-state index contributed by atoms with van der Waals surface area (Å²) in [6.07, 6.45) is 6.80. The molecule has 212 valence electrons. The van der Waals surface area contributed by atoms with Crippen molar-refractivity contribution >= 4 is 17.6 Å². The molecule has 0 spiro atoms. The summed E-state index contributed by atoms with van der Waals surface area (Å²) >= 11 is 0. The van der Waals surface area contributed by atoms with Crippen LogP contribution in [0.2, 0.25) is 0 Å². The molecule has 1 unspecified atom stereocenters. The molecule has 0 bridgehead atoms. The lowest BCUT2D eigenvalue weighted by molar-refractivity contribution is -0.303. The first-order chi connectivity index (χ1) is 19.0. The van der Waals surface area contributed by atoms with Gasteiger partial charge < -0.3 is 19.9 Å². The molecule has 0 radical (unpaired) electrons. The minimum Gasteiger partial charge on any atom is -0.406 e. The molecule has 3 heterocycles. The van der Waals surface area contributed by atoms with E-state index in [1.807, 2.05) is 0 Å². The Bertz CT molecular complexity index is 1400. The first-order valence-corrected chi connectivity index (χ1v) is 12.5. The molecule has 2 N–H and O–H groups in total. The van der Waals surface area contributed by atoms with Crippen molar-refractivity contribution in [3.05, 3.63) is 71.9 Å². The minimum absolute atomic E-state index is 0.0537. The van der Waals surface area contributed by atoms with Crippen LogP contribution in [-0.2, 0) is 34.5 Å². The van der Waals surface area contributed by atoms with Crippen molar-refractivity contribution < 1.29 is 27.5 Å². The van der Waals surface area contributed by atoms with Gasteiger partial charge in [-0.25, -0.2) is 4.98 Å². The maximum atomic E-state index is 12.6. The number of aryl methyl sites for hydroxylation is 2. The van der Waals surface area contributed by atoms with Crippen LogP contribution < -0.4 is 10.6 Å². The van der Waals surface area contributed by atoms with Crippen molar-refractivity contribution in [3.8, 4) is 0 Å². The summed E-state index contributed by atoms with van der Waals surface area (Å²) in [4.78, 5) is 28.3. The van der Waals surface area contributed by atoms with E-state index >= 15 is 0 Å². The van der Waals surface area contributed by atoms with Gasteiger partial charge in [0.05, 0.1) is 35.9 Å². The van der Waals surface area contributed by atoms with Gasteiger partial charge in [0.1, 0.15) is 5.76 Å². The van der Waals surface area contributed by atoms with E-state index < -0.39 is 11.9 Å². The third kappa shape index (κ3) is 7.74. The van der Waals surface area contributed by atoms with Gasteiger partial charge in [-0.2, -0.15) is 5.10 Å². The van der Waals surface area contributed by atoms with E-state index in [1.165, 1.54) is 25.5 Å². The standard InChI is InChI=1S/C25H28F3N9O3/c1-24(10-5-7-19(13-24)40-25(26,27)28)36-14-18(30-16-36)12-22(38)31-21-9-8-17(32-34-21)6-3-4-11-37-15-20(33-35-37)23(39)29-2/h5,7-9,13-16H,3-4,6,10-12H2,1-2H3,(H,29,39)(H,31,34,38). The van der Waals surface area contributed by atoms with E-state index in [0.29, 0.717) is 30.9 Å². The maximum absolute atomic E-state index is 12.6. The zero-order chi connectivity index (χ0) is 28.8. The first kappa shape index (κ1) is 28.4. The van der Waals surface area contributed by atoms with Crippen molar-refractivity contribution in [2.45, 2.75) is 57.5 Å². The SMILES string of the molecule is CNC(=O)c1cn(CCCCc2ccc(NC(=O)Cc3cn(C4(C)C=C(OC(F)(F)F)C=CC4)cn3)nn2)nn1. The van der Waals surface area contributed by atoms with Crippen LogP contribution in [0, 0.1) is 0 Å². The average molecular weight is 560 g/mol. The van der Waals surface area contributed by atoms with E-state index in [2.05, 4.69) is 40.9 Å². The smallest absolute Gasteiger partial charge is 0.406 e. The van der Waals surface area contributed by atoms with Gasteiger partial charge in [-0.3, -0.25) is 14.3 Å². The number of nitrogens with one attached hydrogen (secondary N) is 2. The van der Waals surface area contributed by atoms with Crippen LogP contribution >= 0.6 is 0 Å². The fraction of sp³-hybridized carbons (Fsp3) is 0.400. The van der Waals surface area contributed by atoms with E-state index in [0.717, 1.165) is 18.5 Å². The molecule has 2 amide bonds.